The summed E-state index contributed by atoms with van der Waals surface area (Å²) < 4.78 is 13.9. The molecule has 1 aliphatic rings. The van der Waals surface area contributed by atoms with Crippen LogP contribution >= 0.6 is 0 Å². The van der Waals surface area contributed by atoms with Crippen LogP contribution in [-0.2, 0) is 6.42 Å². The molecule has 0 bridgehead atoms. The van der Waals surface area contributed by atoms with Crippen LogP contribution in [0.5, 0.6) is 0 Å². The van der Waals surface area contributed by atoms with Crippen molar-refractivity contribution in [1.82, 2.24) is 5.32 Å². The molecule has 3 atom stereocenters. The van der Waals surface area contributed by atoms with Crippen molar-refractivity contribution in [2.45, 2.75) is 52.5 Å². The quantitative estimate of drug-likeness (QED) is 0.859. The number of rotatable bonds is 4. The highest BCUT2D eigenvalue weighted by Crippen LogP contribution is 2.42. The van der Waals surface area contributed by atoms with E-state index >= 15 is 0 Å². The van der Waals surface area contributed by atoms with E-state index in [2.05, 4.69) is 33.1 Å². The lowest BCUT2D eigenvalue weighted by Gasteiger charge is -2.44. The SMILES string of the molecule is CNC1CC(C)CCC1C(C)(C)Cc1ccccc1F. The summed E-state index contributed by atoms with van der Waals surface area (Å²) in [6.07, 6.45) is 4.59. The van der Waals surface area contributed by atoms with Crippen molar-refractivity contribution in [3.8, 4) is 0 Å². The second-order valence-electron chi connectivity index (χ2n) is 7.18. The van der Waals surface area contributed by atoms with Crippen LogP contribution in [0, 0.1) is 23.1 Å². The van der Waals surface area contributed by atoms with Gasteiger partial charge in [0.15, 0.2) is 0 Å². The summed E-state index contributed by atoms with van der Waals surface area (Å²) in [5.41, 5.74) is 0.974. The maximum absolute atomic E-state index is 13.9. The van der Waals surface area contributed by atoms with Crippen molar-refractivity contribution < 1.29 is 4.39 Å². The lowest BCUT2D eigenvalue weighted by molar-refractivity contribution is 0.0973. The summed E-state index contributed by atoms with van der Waals surface area (Å²) in [5, 5.41) is 3.50. The summed E-state index contributed by atoms with van der Waals surface area (Å²) in [6.45, 7) is 6.93. The Hall–Kier alpha value is -0.890. The van der Waals surface area contributed by atoms with Gasteiger partial charge in [0.25, 0.3) is 0 Å². The van der Waals surface area contributed by atoms with E-state index < -0.39 is 0 Å². The average Bonchev–Trinajstić information content (AvgIpc) is 2.40. The molecule has 20 heavy (non-hydrogen) atoms. The van der Waals surface area contributed by atoms with E-state index in [0.717, 1.165) is 17.9 Å². The van der Waals surface area contributed by atoms with Gasteiger partial charge >= 0.3 is 0 Å². The van der Waals surface area contributed by atoms with Crippen LogP contribution < -0.4 is 5.32 Å². The van der Waals surface area contributed by atoms with Crippen LogP contribution in [-0.4, -0.2) is 13.1 Å². The Morgan fingerprint density at radius 2 is 1.95 bits per heavy atom. The zero-order valence-electron chi connectivity index (χ0n) is 13.2. The summed E-state index contributed by atoms with van der Waals surface area (Å²) in [4.78, 5) is 0. The largest absolute Gasteiger partial charge is 0.317 e. The predicted molar refractivity (Wildman–Crippen MR) is 83.2 cm³/mol. The second kappa shape index (κ2) is 6.26. The van der Waals surface area contributed by atoms with E-state index in [4.69, 9.17) is 0 Å². The van der Waals surface area contributed by atoms with Gasteiger partial charge in [-0.2, -0.15) is 0 Å². The maximum Gasteiger partial charge on any atom is 0.126 e. The van der Waals surface area contributed by atoms with E-state index in [-0.39, 0.29) is 11.2 Å². The number of halogens is 1. The Labute approximate surface area is 123 Å². The van der Waals surface area contributed by atoms with Gasteiger partial charge < -0.3 is 5.32 Å². The first kappa shape index (κ1) is 15.5. The van der Waals surface area contributed by atoms with E-state index in [9.17, 15) is 4.39 Å². The highest BCUT2D eigenvalue weighted by atomic mass is 19.1. The predicted octanol–water partition coefficient (Wildman–Crippen LogP) is 4.42. The van der Waals surface area contributed by atoms with E-state index in [1.54, 1.807) is 12.1 Å². The Kier molecular flexibility index (Phi) is 4.85. The third kappa shape index (κ3) is 3.41. The normalized spacial score (nSPS) is 27.6. The van der Waals surface area contributed by atoms with Gasteiger partial charge in [0.1, 0.15) is 5.82 Å². The maximum atomic E-state index is 13.9. The molecule has 1 fully saturated rings. The molecular formula is C18H28FN. The molecule has 1 aliphatic carbocycles. The molecule has 112 valence electrons. The number of benzene rings is 1. The minimum absolute atomic E-state index is 0.0641. The highest BCUT2D eigenvalue weighted by molar-refractivity contribution is 5.19. The van der Waals surface area contributed by atoms with Gasteiger partial charge in [-0.05, 0) is 55.2 Å². The topological polar surface area (TPSA) is 12.0 Å². The van der Waals surface area contributed by atoms with Gasteiger partial charge in [-0.3, -0.25) is 0 Å². The van der Waals surface area contributed by atoms with Crippen molar-refractivity contribution in [1.29, 1.82) is 0 Å². The molecule has 2 rings (SSSR count). The van der Waals surface area contributed by atoms with Crippen LogP contribution in [0.25, 0.3) is 0 Å². The standard InChI is InChI=1S/C18H28FN/c1-13-9-10-15(17(11-13)20-4)18(2,3)12-14-7-5-6-8-16(14)19/h5-8,13,15,17,20H,9-12H2,1-4H3. The second-order valence-corrected chi connectivity index (χ2v) is 7.18. The lowest BCUT2D eigenvalue weighted by atomic mass is 9.64. The molecule has 0 aliphatic heterocycles. The molecular weight excluding hydrogens is 249 g/mol. The zero-order chi connectivity index (χ0) is 14.8. The van der Waals surface area contributed by atoms with E-state index in [1.807, 2.05) is 12.1 Å². The Balaban J connectivity index is 2.14. The fourth-order valence-corrected chi connectivity index (χ4v) is 3.90. The number of nitrogens with one attached hydrogen (secondary N) is 1. The van der Waals surface area contributed by atoms with Gasteiger partial charge in [-0.1, -0.05) is 45.4 Å². The van der Waals surface area contributed by atoms with Crippen LogP contribution in [0.1, 0.15) is 45.6 Å². The third-order valence-electron chi connectivity index (χ3n) is 5.09. The summed E-state index contributed by atoms with van der Waals surface area (Å²) in [7, 11) is 2.06. The fraction of sp³-hybridized carbons (Fsp3) is 0.667. The van der Waals surface area contributed by atoms with Gasteiger partial charge in [0.05, 0.1) is 0 Å². The van der Waals surface area contributed by atoms with Crippen molar-refractivity contribution in [3.63, 3.8) is 0 Å². The Morgan fingerprint density at radius 1 is 1.25 bits per heavy atom. The molecule has 0 spiro atoms. The smallest absolute Gasteiger partial charge is 0.126 e. The van der Waals surface area contributed by atoms with E-state index in [1.165, 1.54) is 19.3 Å². The molecule has 1 N–H and O–H groups in total. The van der Waals surface area contributed by atoms with Gasteiger partial charge in [-0.25, -0.2) is 4.39 Å². The lowest BCUT2D eigenvalue weighted by Crippen LogP contribution is -2.46. The Morgan fingerprint density at radius 3 is 2.60 bits per heavy atom. The number of hydrogen-bond donors (Lipinski definition) is 1. The minimum atomic E-state index is -0.0641. The van der Waals surface area contributed by atoms with Crippen LogP contribution in [0.15, 0.2) is 24.3 Å². The minimum Gasteiger partial charge on any atom is -0.317 e. The van der Waals surface area contributed by atoms with Crippen molar-refractivity contribution in [2.24, 2.45) is 17.3 Å². The van der Waals surface area contributed by atoms with Crippen LogP contribution in [0.2, 0.25) is 0 Å². The van der Waals surface area contributed by atoms with Crippen molar-refractivity contribution in [3.05, 3.63) is 35.6 Å². The molecule has 1 aromatic rings. The summed E-state index contributed by atoms with van der Waals surface area (Å²) >= 11 is 0. The van der Waals surface area contributed by atoms with Crippen molar-refractivity contribution >= 4 is 0 Å². The van der Waals surface area contributed by atoms with Crippen molar-refractivity contribution in [2.75, 3.05) is 7.05 Å². The first-order valence-electron chi connectivity index (χ1n) is 7.84. The monoisotopic (exact) mass is 277 g/mol. The van der Waals surface area contributed by atoms with Gasteiger partial charge in [-0.15, -0.1) is 0 Å². The molecule has 0 radical (unpaired) electrons. The molecule has 1 aromatic carbocycles. The fourth-order valence-electron chi connectivity index (χ4n) is 3.90. The molecule has 3 unspecified atom stereocenters. The molecule has 0 aromatic heterocycles. The first-order chi connectivity index (χ1) is 9.44. The Bertz CT molecular complexity index is 441. The van der Waals surface area contributed by atoms with E-state index in [0.29, 0.717) is 12.0 Å². The molecule has 0 heterocycles. The molecule has 1 saturated carbocycles. The van der Waals surface area contributed by atoms with Crippen LogP contribution in [0.3, 0.4) is 0 Å². The van der Waals surface area contributed by atoms with Gasteiger partial charge in [0, 0.05) is 6.04 Å². The number of hydrogen-bond acceptors (Lipinski definition) is 1. The van der Waals surface area contributed by atoms with Crippen LogP contribution in [0.4, 0.5) is 4.39 Å². The highest BCUT2D eigenvalue weighted by Gasteiger charge is 2.38. The van der Waals surface area contributed by atoms with Gasteiger partial charge in [0.2, 0.25) is 0 Å². The third-order valence-corrected chi connectivity index (χ3v) is 5.09. The summed E-state index contributed by atoms with van der Waals surface area (Å²) in [5.74, 6) is 1.35. The first-order valence-corrected chi connectivity index (χ1v) is 7.84. The summed E-state index contributed by atoms with van der Waals surface area (Å²) in [6, 6.07) is 7.76. The molecule has 0 amide bonds. The molecule has 1 nitrogen and oxygen atoms in total. The molecule has 0 saturated heterocycles. The molecule has 2 heteroatoms. The zero-order valence-corrected chi connectivity index (χ0v) is 13.2. The average molecular weight is 277 g/mol.